The van der Waals surface area contributed by atoms with Crippen LogP contribution in [0, 0.1) is 6.92 Å². The van der Waals surface area contributed by atoms with Crippen LogP contribution >= 0.6 is 35.6 Å². The lowest BCUT2D eigenvalue weighted by Crippen LogP contribution is -2.36. The molecule has 2 rings (SSSR count). The first-order valence-corrected chi connectivity index (χ1v) is 7.01. The molecule has 2 aromatic rings. The average molecular weight is 435 g/mol. The Morgan fingerprint density at radius 3 is 2.59 bits per heavy atom. The van der Waals surface area contributed by atoms with Crippen molar-refractivity contribution in [1.29, 1.82) is 0 Å². The van der Waals surface area contributed by atoms with Gasteiger partial charge in [-0.05, 0) is 24.6 Å². The normalized spacial score (nSPS) is 11.0. The number of halogens is 2. The van der Waals surface area contributed by atoms with Crippen LogP contribution in [-0.4, -0.2) is 27.8 Å². The number of guanidine groups is 1. The van der Waals surface area contributed by atoms with Gasteiger partial charge in [0.05, 0.1) is 6.54 Å². The average Bonchev–Trinajstić information content (AvgIpc) is 2.79. The molecule has 0 radical (unpaired) electrons. The maximum absolute atomic E-state index is 5.96. The third kappa shape index (κ3) is 5.13. The molecule has 0 amide bonds. The van der Waals surface area contributed by atoms with Gasteiger partial charge in [-0.3, -0.25) is 4.99 Å². The highest BCUT2D eigenvalue weighted by atomic mass is 127. The van der Waals surface area contributed by atoms with Crippen LogP contribution in [0.1, 0.15) is 17.2 Å². The number of nitrogens with zero attached hydrogens (tertiary/aromatic N) is 4. The Labute approximate surface area is 152 Å². The van der Waals surface area contributed by atoms with Crippen molar-refractivity contribution >= 4 is 41.5 Å². The van der Waals surface area contributed by atoms with E-state index in [2.05, 4.69) is 25.8 Å². The van der Waals surface area contributed by atoms with Crippen LogP contribution < -0.4 is 10.6 Å². The summed E-state index contributed by atoms with van der Waals surface area (Å²) in [5.74, 6) is 2.45. The van der Waals surface area contributed by atoms with Crippen molar-refractivity contribution in [1.82, 2.24) is 25.4 Å². The molecule has 120 valence electrons. The number of hydrogen-bond acceptors (Lipinski definition) is 3. The van der Waals surface area contributed by atoms with Crippen LogP contribution in [-0.2, 0) is 20.1 Å². The van der Waals surface area contributed by atoms with Gasteiger partial charge < -0.3 is 15.2 Å². The van der Waals surface area contributed by atoms with Crippen LogP contribution in [0.2, 0.25) is 5.02 Å². The SMILES string of the molecule is CN=C(NCc1cccc(Cl)c1)NCc1nnc(C)n1C.I. The number of benzene rings is 1. The maximum Gasteiger partial charge on any atom is 0.191 e. The summed E-state index contributed by atoms with van der Waals surface area (Å²) in [4.78, 5) is 4.18. The molecule has 0 bridgehead atoms. The second-order valence-electron chi connectivity index (χ2n) is 4.63. The number of aliphatic imine (C=N–C) groups is 1. The van der Waals surface area contributed by atoms with E-state index >= 15 is 0 Å². The van der Waals surface area contributed by atoms with Gasteiger partial charge in [0.15, 0.2) is 11.8 Å². The fraction of sp³-hybridized carbons (Fsp3) is 0.357. The Kier molecular flexibility index (Phi) is 7.60. The molecule has 0 atom stereocenters. The van der Waals surface area contributed by atoms with Crippen LogP contribution in [0.25, 0.3) is 0 Å². The quantitative estimate of drug-likeness (QED) is 0.440. The van der Waals surface area contributed by atoms with Gasteiger partial charge in [-0.1, -0.05) is 23.7 Å². The number of rotatable bonds is 4. The molecular weight excluding hydrogens is 415 g/mol. The minimum absolute atomic E-state index is 0. The first kappa shape index (κ1) is 18.7. The maximum atomic E-state index is 5.96. The van der Waals surface area contributed by atoms with E-state index in [4.69, 9.17) is 11.6 Å². The minimum Gasteiger partial charge on any atom is -0.352 e. The summed E-state index contributed by atoms with van der Waals surface area (Å²) in [6, 6.07) is 7.72. The summed E-state index contributed by atoms with van der Waals surface area (Å²) in [6.45, 7) is 3.13. The smallest absolute Gasteiger partial charge is 0.191 e. The first-order valence-electron chi connectivity index (χ1n) is 6.64. The molecule has 0 aliphatic heterocycles. The Morgan fingerprint density at radius 1 is 1.27 bits per heavy atom. The zero-order valence-corrected chi connectivity index (χ0v) is 15.9. The standard InChI is InChI=1S/C14H19ClN6.HI/c1-10-19-20-13(21(10)3)9-18-14(16-2)17-8-11-5-4-6-12(15)7-11;/h4-7H,8-9H2,1-3H3,(H2,16,17,18);1H. The van der Waals surface area contributed by atoms with Crippen molar-refractivity contribution in [3.05, 3.63) is 46.5 Å². The molecule has 2 N–H and O–H groups in total. The van der Waals surface area contributed by atoms with Crippen LogP contribution in [0.4, 0.5) is 0 Å². The van der Waals surface area contributed by atoms with E-state index in [0.29, 0.717) is 19.0 Å². The molecule has 0 saturated carbocycles. The molecule has 0 saturated heterocycles. The lowest BCUT2D eigenvalue weighted by molar-refractivity contribution is 0.717. The summed E-state index contributed by atoms with van der Waals surface area (Å²) < 4.78 is 1.94. The molecule has 1 aromatic carbocycles. The van der Waals surface area contributed by atoms with Crippen LogP contribution in [0.3, 0.4) is 0 Å². The van der Waals surface area contributed by atoms with E-state index in [1.807, 2.05) is 42.8 Å². The van der Waals surface area contributed by atoms with Crippen LogP contribution in [0.5, 0.6) is 0 Å². The third-order valence-electron chi connectivity index (χ3n) is 3.17. The van der Waals surface area contributed by atoms with E-state index in [1.165, 1.54) is 0 Å². The molecule has 1 heterocycles. The molecule has 0 unspecified atom stereocenters. The van der Waals surface area contributed by atoms with Gasteiger partial charge in [-0.15, -0.1) is 34.2 Å². The summed E-state index contributed by atoms with van der Waals surface area (Å²) >= 11 is 5.96. The van der Waals surface area contributed by atoms with Gasteiger partial charge in [0, 0.05) is 25.7 Å². The summed E-state index contributed by atoms with van der Waals surface area (Å²) in [5, 5.41) is 15.3. The number of aryl methyl sites for hydroxylation is 1. The number of aromatic nitrogens is 3. The minimum atomic E-state index is 0. The molecule has 8 heteroatoms. The zero-order chi connectivity index (χ0) is 15.2. The molecule has 0 aliphatic carbocycles. The largest absolute Gasteiger partial charge is 0.352 e. The Hall–Kier alpha value is -1.35. The Morgan fingerprint density at radius 2 is 2.00 bits per heavy atom. The second-order valence-corrected chi connectivity index (χ2v) is 5.07. The summed E-state index contributed by atoms with van der Waals surface area (Å²) in [7, 11) is 3.67. The molecule has 1 aromatic heterocycles. The van der Waals surface area contributed by atoms with E-state index in [0.717, 1.165) is 22.2 Å². The van der Waals surface area contributed by atoms with Crippen molar-refractivity contribution in [2.45, 2.75) is 20.0 Å². The second kappa shape index (κ2) is 8.94. The highest BCUT2D eigenvalue weighted by Crippen LogP contribution is 2.10. The molecule has 0 spiro atoms. The summed E-state index contributed by atoms with van der Waals surface area (Å²) in [5.41, 5.74) is 1.10. The fourth-order valence-corrected chi connectivity index (χ4v) is 2.03. The number of hydrogen-bond donors (Lipinski definition) is 2. The van der Waals surface area contributed by atoms with Gasteiger partial charge >= 0.3 is 0 Å². The topological polar surface area (TPSA) is 67.1 Å². The van der Waals surface area contributed by atoms with Crippen molar-refractivity contribution in [2.24, 2.45) is 12.0 Å². The van der Waals surface area contributed by atoms with Crippen molar-refractivity contribution < 1.29 is 0 Å². The van der Waals surface area contributed by atoms with E-state index in [9.17, 15) is 0 Å². The van der Waals surface area contributed by atoms with Crippen molar-refractivity contribution in [2.75, 3.05) is 7.05 Å². The molecular formula is C14H20ClIN6. The van der Waals surface area contributed by atoms with Gasteiger partial charge in [0.2, 0.25) is 0 Å². The van der Waals surface area contributed by atoms with Gasteiger partial charge in [-0.2, -0.15) is 0 Å². The van der Waals surface area contributed by atoms with Gasteiger partial charge in [-0.25, -0.2) is 0 Å². The monoisotopic (exact) mass is 434 g/mol. The lowest BCUT2D eigenvalue weighted by Gasteiger charge is -2.11. The third-order valence-corrected chi connectivity index (χ3v) is 3.40. The van der Waals surface area contributed by atoms with Gasteiger partial charge in [0.1, 0.15) is 5.82 Å². The van der Waals surface area contributed by atoms with Gasteiger partial charge in [0.25, 0.3) is 0 Å². The number of nitrogens with one attached hydrogen (secondary N) is 2. The Balaban J connectivity index is 0.00000242. The highest BCUT2D eigenvalue weighted by Gasteiger charge is 2.05. The predicted octanol–water partition coefficient (Wildman–Crippen LogP) is 2.26. The molecule has 6 nitrogen and oxygen atoms in total. The van der Waals surface area contributed by atoms with Crippen molar-refractivity contribution in [3.8, 4) is 0 Å². The van der Waals surface area contributed by atoms with E-state index in [-0.39, 0.29) is 24.0 Å². The van der Waals surface area contributed by atoms with Crippen LogP contribution in [0.15, 0.2) is 29.3 Å². The molecule has 0 fully saturated rings. The van der Waals surface area contributed by atoms with E-state index in [1.54, 1.807) is 7.05 Å². The Bertz CT molecular complexity index is 640. The predicted molar refractivity (Wildman–Crippen MR) is 99.6 cm³/mol. The highest BCUT2D eigenvalue weighted by molar-refractivity contribution is 14.0. The zero-order valence-electron chi connectivity index (χ0n) is 12.8. The van der Waals surface area contributed by atoms with Crippen molar-refractivity contribution in [3.63, 3.8) is 0 Å². The first-order chi connectivity index (χ1) is 10.1. The summed E-state index contributed by atoms with van der Waals surface area (Å²) in [6.07, 6.45) is 0. The fourth-order valence-electron chi connectivity index (χ4n) is 1.82. The molecule has 22 heavy (non-hydrogen) atoms. The lowest BCUT2D eigenvalue weighted by atomic mass is 10.2. The molecule has 0 aliphatic rings. The van der Waals surface area contributed by atoms with E-state index < -0.39 is 0 Å².